The van der Waals surface area contributed by atoms with Crippen molar-refractivity contribution in [2.24, 2.45) is 11.8 Å². The Morgan fingerprint density at radius 1 is 1.07 bits per heavy atom. The van der Waals surface area contributed by atoms with Crippen LogP contribution in [-0.4, -0.2) is 42.3 Å². The number of nitrogens with one attached hydrogen (secondary N) is 1. The Bertz CT molecular complexity index is 700. The molecule has 0 aliphatic carbocycles. The van der Waals surface area contributed by atoms with Crippen LogP contribution in [-0.2, 0) is 20.9 Å². The van der Waals surface area contributed by atoms with Gasteiger partial charge in [0.05, 0.1) is 19.2 Å². The molecule has 29 heavy (non-hydrogen) atoms. The number of likely N-dealkylation sites (N-methyl/N-ethyl adjacent to an activating group) is 1. The highest BCUT2D eigenvalue weighted by atomic mass is 16.5. The second-order valence-electron chi connectivity index (χ2n) is 8.05. The largest absolute Gasteiger partial charge is 0.453 e. The molecule has 0 saturated carbocycles. The van der Waals surface area contributed by atoms with Crippen molar-refractivity contribution in [3.05, 3.63) is 35.4 Å². The minimum Gasteiger partial charge on any atom is -0.453 e. The summed E-state index contributed by atoms with van der Waals surface area (Å²) in [6, 6.07) is 7.18. The molecule has 6 nitrogen and oxygen atoms in total. The van der Waals surface area contributed by atoms with Crippen LogP contribution < -0.4 is 5.32 Å². The van der Waals surface area contributed by atoms with E-state index in [4.69, 9.17) is 4.74 Å². The maximum atomic E-state index is 12.4. The topological polar surface area (TPSA) is 75.7 Å². The van der Waals surface area contributed by atoms with Gasteiger partial charge in [0.15, 0.2) is 5.78 Å². The highest BCUT2D eigenvalue weighted by Crippen LogP contribution is 2.22. The monoisotopic (exact) mass is 404 g/mol. The van der Waals surface area contributed by atoms with Crippen LogP contribution in [0.4, 0.5) is 4.79 Å². The van der Waals surface area contributed by atoms with E-state index in [0.717, 1.165) is 17.7 Å². The molecule has 6 heteroatoms. The summed E-state index contributed by atoms with van der Waals surface area (Å²) < 4.78 is 4.73. The molecule has 2 atom stereocenters. The lowest BCUT2D eigenvalue weighted by Gasteiger charge is -2.28. The fourth-order valence-electron chi connectivity index (χ4n) is 3.22. The van der Waals surface area contributed by atoms with Crippen LogP contribution >= 0.6 is 0 Å². The maximum Gasteiger partial charge on any atom is 0.407 e. The number of benzene rings is 1. The number of ether oxygens (including phenoxy) is 1. The zero-order chi connectivity index (χ0) is 22.1. The van der Waals surface area contributed by atoms with Gasteiger partial charge in [0.25, 0.3) is 0 Å². The normalized spacial score (nSPS) is 13.4. The summed E-state index contributed by atoms with van der Waals surface area (Å²) in [5.74, 6) is 0.165. The maximum absolute atomic E-state index is 12.4. The van der Waals surface area contributed by atoms with Gasteiger partial charge < -0.3 is 10.1 Å². The van der Waals surface area contributed by atoms with Crippen LogP contribution in [0.15, 0.2) is 24.3 Å². The van der Waals surface area contributed by atoms with Gasteiger partial charge in [0, 0.05) is 24.8 Å². The molecule has 0 radical (unpaired) electrons. The predicted molar refractivity (Wildman–Crippen MR) is 115 cm³/mol. The third-order valence-corrected chi connectivity index (χ3v) is 5.20. The van der Waals surface area contributed by atoms with E-state index < -0.39 is 12.1 Å². The Hall–Kier alpha value is -2.21. The number of rotatable bonds is 11. The SMILES string of the molecule is CCN(Cc1cccc(C(CC(=O)C(C)C)NC(=O)OC)c1)C(C)C(=O)C(C)C. The second-order valence-corrected chi connectivity index (χ2v) is 8.05. The first-order valence-corrected chi connectivity index (χ1v) is 10.3. The van der Waals surface area contributed by atoms with Crippen molar-refractivity contribution in [2.75, 3.05) is 13.7 Å². The first kappa shape index (κ1) is 24.8. The van der Waals surface area contributed by atoms with E-state index in [0.29, 0.717) is 6.54 Å². The molecule has 0 aromatic heterocycles. The molecule has 162 valence electrons. The van der Waals surface area contributed by atoms with Crippen molar-refractivity contribution in [1.29, 1.82) is 0 Å². The molecule has 0 saturated heterocycles. The number of methoxy groups -OCH3 is 1. The summed E-state index contributed by atoms with van der Waals surface area (Å²) in [4.78, 5) is 38.6. The van der Waals surface area contributed by atoms with E-state index in [1.165, 1.54) is 7.11 Å². The van der Waals surface area contributed by atoms with Crippen LogP contribution in [0.2, 0.25) is 0 Å². The lowest BCUT2D eigenvalue weighted by atomic mass is 9.95. The van der Waals surface area contributed by atoms with Crippen molar-refractivity contribution in [3.63, 3.8) is 0 Å². The summed E-state index contributed by atoms with van der Waals surface area (Å²) in [5, 5.41) is 2.77. The Kier molecular flexibility index (Phi) is 10.0. The number of Topliss-reactive ketones (excluding diaryl/α,β-unsaturated/α-hetero) is 2. The zero-order valence-corrected chi connectivity index (χ0v) is 18.8. The molecule has 0 spiro atoms. The Morgan fingerprint density at radius 3 is 2.24 bits per heavy atom. The van der Waals surface area contributed by atoms with Gasteiger partial charge in [-0.05, 0) is 24.6 Å². The highest BCUT2D eigenvalue weighted by Gasteiger charge is 2.24. The van der Waals surface area contributed by atoms with Gasteiger partial charge in [-0.1, -0.05) is 58.9 Å². The van der Waals surface area contributed by atoms with Crippen molar-refractivity contribution < 1.29 is 19.1 Å². The van der Waals surface area contributed by atoms with Crippen LogP contribution in [0.25, 0.3) is 0 Å². The molecule has 0 aliphatic heterocycles. The molecule has 1 aromatic rings. The quantitative estimate of drug-likeness (QED) is 0.600. The second kappa shape index (κ2) is 11.7. The van der Waals surface area contributed by atoms with Crippen LogP contribution in [0, 0.1) is 11.8 Å². The number of hydrogen-bond acceptors (Lipinski definition) is 5. The molecule has 1 aromatic carbocycles. The van der Waals surface area contributed by atoms with Gasteiger partial charge in [-0.2, -0.15) is 0 Å². The first-order chi connectivity index (χ1) is 13.6. The zero-order valence-electron chi connectivity index (χ0n) is 18.8. The summed E-state index contributed by atoms with van der Waals surface area (Å²) in [6.07, 6.45) is -0.362. The van der Waals surface area contributed by atoms with Gasteiger partial charge in [0.2, 0.25) is 0 Å². The van der Waals surface area contributed by atoms with E-state index >= 15 is 0 Å². The molecule has 1 amide bonds. The molecular formula is C23H36N2O4. The molecule has 0 aliphatic rings. The van der Waals surface area contributed by atoms with Crippen molar-refractivity contribution >= 4 is 17.7 Å². The minimum atomic E-state index is -0.566. The molecule has 1 rings (SSSR count). The average molecular weight is 405 g/mol. The molecular weight excluding hydrogens is 368 g/mol. The smallest absolute Gasteiger partial charge is 0.407 e. The summed E-state index contributed by atoms with van der Waals surface area (Å²) in [5.41, 5.74) is 1.88. The van der Waals surface area contributed by atoms with Crippen molar-refractivity contribution in [1.82, 2.24) is 10.2 Å². The van der Waals surface area contributed by atoms with E-state index in [1.807, 2.05) is 65.8 Å². The third-order valence-electron chi connectivity index (χ3n) is 5.20. The fourth-order valence-corrected chi connectivity index (χ4v) is 3.22. The van der Waals surface area contributed by atoms with Crippen molar-refractivity contribution in [3.8, 4) is 0 Å². The van der Waals surface area contributed by atoms with Gasteiger partial charge in [0.1, 0.15) is 5.78 Å². The standard InChI is InChI=1S/C23H36N2O4/c1-8-25(17(6)22(27)16(4)5)14-18-10-9-11-19(12-18)20(24-23(28)29-7)13-21(26)15(2)3/h9-12,15-17,20H,8,13-14H2,1-7H3,(H,24,28). The average Bonchev–Trinajstić information content (AvgIpc) is 2.70. The van der Waals surface area contributed by atoms with E-state index in [2.05, 4.69) is 10.2 Å². The van der Waals surface area contributed by atoms with Crippen LogP contribution in [0.5, 0.6) is 0 Å². The number of amides is 1. The van der Waals surface area contributed by atoms with E-state index in [9.17, 15) is 14.4 Å². The Morgan fingerprint density at radius 2 is 1.72 bits per heavy atom. The van der Waals surface area contributed by atoms with Gasteiger partial charge >= 0.3 is 6.09 Å². The first-order valence-electron chi connectivity index (χ1n) is 10.3. The van der Waals surface area contributed by atoms with Gasteiger partial charge in [-0.3, -0.25) is 14.5 Å². The van der Waals surface area contributed by atoms with Gasteiger partial charge in [-0.15, -0.1) is 0 Å². The molecule has 0 bridgehead atoms. The number of hydrogen-bond donors (Lipinski definition) is 1. The van der Waals surface area contributed by atoms with Crippen LogP contribution in [0.1, 0.15) is 65.1 Å². The third kappa shape index (κ3) is 7.61. The Balaban J connectivity index is 3.07. The number of alkyl carbamates (subject to hydrolysis) is 1. The Labute approximate surface area is 175 Å². The van der Waals surface area contributed by atoms with E-state index in [-0.39, 0.29) is 35.9 Å². The highest BCUT2D eigenvalue weighted by molar-refractivity contribution is 5.85. The minimum absolute atomic E-state index is 0.0129. The molecule has 1 N–H and O–H groups in total. The molecule has 2 unspecified atom stereocenters. The van der Waals surface area contributed by atoms with Gasteiger partial charge in [-0.25, -0.2) is 4.79 Å². The lowest BCUT2D eigenvalue weighted by molar-refractivity contribution is -0.127. The summed E-state index contributed by atoms with van der Waals surface area (Å²) in [7, 11) is 1.30. The molecule has 0 fully saturated rings. The predicted octanol–water partition coefficient (Wildman–Crippen LogP) is 4.13. The number of carbonyl (C=O) groups is 3. The molecule has 0 heterocycles. The van der Waals surface area contributed by atoms with E-state index in [1.54, 1.807) is 0 Å². The van der Waals surface area contributed by atoms with Crippen LogP contribution in [0.3, 0.4) is 0 Å². The number of ketones is 2. The lowest BCUT2D eigenvalue weighted by Crippen LogP contribution is -2.40. The van der Waals surface area contributed by atoms with Crippen molar-refractivity contribution in [2.45, 2.75) is 66.6 Å². The number of nitrogens with zero attached hydrogens (tertiary/aromatic N) is 1. The summed E-state index contributed by atoms with van der Waals surface area (Å²) in [6.45, 7) is 12.9. The fraction of sp³-hybridized carbons (Fsp3) is 0.609. The number of carbonyl (C=O) groups excluding carboxylic acids is 3. The summed E-state index contributed by atoms with van der Waals surface area (Å²) >= 11 is 0.